The van der Waals surface area contributed by atoms with Gasteiger partial charge in [0.25, 0.3) is 0 Å². The fraction of sp³-hybridized carbons (Fsp3) is 0.708. The summed E-state index contributed by atoms with van der Waals surface area (Å²) in [6.45, 7) is 1.44. The Kier molecular flexibility index (Phi) is 5.58. The maximum atomic E-state index is 14.6. The number of carbonyl (C=O) groups excluding carboxylic acids is 1. The Labute approximate surface area is 176 Å². The van der Waals surface area contributed by atoms with Gasteiger partial charge in [-0.25, -0.2) is 4.39 Å². The maximum absolute atomic E-state index is 14.6. The van der Waals surface area contributed by atoms with E-state index < -0.39 is 17.4 Å². The van der Waals surface area contributed by atoms with Gasteiger partial charge in [-0.1, -0.05) is 0 Å². The lowest BCUT2D eigenvalue weighted by Gasteiger charge is -2.42. The van der Waals surface area contributed by atoms with Gasteiger partial charge >= 0.3 is 5.97 Å². The lowest BCUT2D eigenvalue weighted by Crippen LogP contribution is -2.36. The molecule has 1 saturated heterocycles. The second-order valence-corrected chi connectivity index (χ2v) is 9.57. The van der Waals surface area contributed by atoms with E-state index in [2.05, 4.69) is 0 Å². The SMILES string of the molecule is O=C1CCc2cc(C3(O)CCC(C4CCC(C5OCCO5)CC4)CC3)cc(F)c2O1. The van der Waals surface area contributed by atoms with Gasteiger partial charge in [0.05, 0.1) is 25.2 Å². The predicted molar refractivity (Wildman–Crippen MR) is 107 cm³/mol. The van der Waals surface area contributed by atoms with Gasteiger partial charge in [0, 0.05) is 5.92 Å². The van der Waals surface area contributed by atoms with Gasteiger partial charge in [-0.2, -0.15) is 0 Å². The highest BCUT2D eigenvalue weighted by Crippen LogP contribution is 2.47. The molecule has 30 heavy (non-hydrogen) atoms. The van der Waals surface area contributed by atoms with Crippen molar-refractivity contribution in [3.05, 3.63) is 29.1 Å². The Morgan fingerprint density at radius 2 is 1.53 bits per heavy atom. The molecule has 0 aromatic heterocycles. The van der Waals surface area contributed by atoms with Crippen LogP contribution in [0.1, 0.15) is 68.9 Å². The molecule has 0 radical (unpaired) electrons. The van der Waals surface area contributed by atoms with Gasteiger partial charge in [-0.15, -0.1) is 0 Å². The van der Waals surface area contributed by atoms with Crippen LogP contribution >= 0.6 is 0 Å². The molecule has 0 bridgehead atoms. The third kappa shape index (κ3) is 3.90. The van der Waals surface area contributed by atoms with E-state index in [1.807, 2.05) is 6.07 Å². The van der Waals surface area contributed by atoms with Gasteiger partial charge in [-0.3, -0.25) is 4.79 Å². The van der Waals surface area contributed by atoms with Crippen LogP contribution in [0.2, 0.25) is 0 Å². The number of rotatable bonds is 3. The molecule has 0 spiro atoms. The highest BCUT2D eigenvalue weighted by molar-refractivity contribution is 5.75. The summed E-state index contributed by atoms with van der Waals surface area (Å²) in [5, 5.41) is 11.3. The standard InChI is InChI=1S/C24H31FO5/c25-20-14-19(13-18-5-6-21(26)30-22(18)20)24(27)9-7-16(8-10-24)15-1-3-17(4-2-15)23-28-11-12-29-23/h13-17,23,27H,1-12H2. The summed E-state index contributed by atoms with van der Waals surface area (Å²) in [7, 11) is 0. The normalized spacial score (nSPS) is 35.1. The molecule has 0 amide bonds. The predicted octanol–water partition coefficient (Wildman–Crippen LogP) is 4.23. The van der Waals surface area contributed by atoms with Crippen LogP contribution in [0.4, 0.5) is 4.39 Å². The van der Waals surface area contributed by atoms with Gasteiger partial charge in [0.15, 0.2) is 17.9 Å². The zero-order chi connectivity index (χ0) is 20.7. The summed E-state index contributed by atoms with van der Waals surface area (Å²) >= 11 is 0. The number of hydrogen-bond donors (Lipinski definition) is 1. The summed E-state index contributed by atoms with van der Waals surface area (Å²) in [5.74, 6) is 0.956. The Hall–Kier alpha value is -1.50. The monoisotopic (exact) mass is 418 g/mol. The van der Waals surface area contributed by atoms with Gasteiger partial charge in [0.1, 0.15) is 0 Å². The van der Waals surface area contributed by atoms with Crippen LogP contribution < -0.4 is 4.74 Å². The molecule has 4 aliphatic rings. The van der Waals surface area contributed by atoms with Crippen LogP contribution in [-0.2, 0) is 26.3 Å². The van der Waals surface area contributed by atoms with Crippen molar-refractivity contribution in [1.29, 1.82) is 0 Å². The van der Waals surface area contributed by atoms with E-state index in [0.29, 0.717) is 48.1 Å². The molecule has 1 aromatic rings. The van der Waals surface area contributed by atoms with E-state index in [1.165, 1.54) is 18.9 Å². The first kappa shape index (κ1) is 20.4. The van der Waals surface area contributed by atoms with Crippen LogP contribution in [0.3, 0.4) is 0 Å². The number of fused-ring (bicyclic) bond motifs is 1. The van der Waals surface area contributed by atoms with Crippen LogP contribution in [0.15, 0.2) is 12.1 Å². The summed E-state index contributed by atoms with van der Waals surface area (Å²) in [4.78, 5) is 11.5. The van der Waals surface area contributed by atoms with E-state index in [4.69, 9.17) is 14.2 Å². The molecule has 0 unspecified atom stereocenters. The minimum absolute atomic E-state index is 0.000533. The Morgan fingerprint density at radius 3 is 2.23 bits per heavy atom. The van der Waals surface area contributed by atoms with Crippen molar-refractivity contribution < 1.29 is 28.5 Å². The topological polar surface area (TPSA) is 65.0 Å². The van der Waals surface area contributed by atoms with Crippen LogP contribution in [-0.4, -0.2) is 30.6 Å². The average molecular weight is 419 g/mol. The molecule has 1 aromatic carbocycles. The van der Waals surface area contributed by atoms with Crippen molar-refractivity contribution in [2.45, 2.75) is 76.1 Å². The van der Waals surface area contributed by atoms with Crippen molar-refractivity contribution in [1.82, 2.24) is 0 Å². The lowest BCUT2D eigenvalue weighted by atomic mass is 9.66. The number of carbonyl (C=O) groups is 1. The number of aliphatic hydroxyl groups is 1. The molecule has 5 rings (SSSR count). The Balaban J connectivity index is 1.20. The van der Waals surface area contributed by atoms with E-state index >= 15 is 0 Å². The second-order valence-electron chi connectivity index (χ2n) is 9.57. The molecule has 2 aliphatic heterocycles. The summed E-state index contributed by atoms with van der Waals surface area (Å²) in [5.41, 5.74) is 0.334. The van der Waals surface area contributed by atoms with E-state index in [0.717, 1.165) is 38.9 Å². The van der Waals surface area contributed by atoms with Gasteiger partial charge in [0.2, 0.25) is 0 Å². The summed E-state index contributed by atoms with van der Waals surface area (Å²) < 4.78 is 31.0. The first-order valence-corrected chi connectivity index (χ1v) is 11.5. The third-order valence-corrected chi connectivity index (χ3v) is 7.85. The quantitative estimate of drug-likeness (QED) is 0.588. The van der Waals surface area contributed by atoms with E-state index in [1.54, 1.807) is 0 Å². The number of hydrogen-bond acceptors (Lipinski definition) is 5. The fourth-order valence-electron chi connectivity index (χ4n) is 6.04. The average Bonchev–Trinajstić information content (AvgIpc) is 3.30. The minimum atomic E-state index is -0.990. The largest absolute Gasteiger partial charge is 0.423 e. The fourth-order valence-corrected chi connectivity index (χ4v) is 6.04. The molecule has 2 saturated carbocycles. The van der Waals surface area contributed by atoms with E-state index in [-0.39, 0.29) is 18.5 Å². The molecule has 164 valence electrons. The van der Waals surface area contributed by atoms with Crippen LogP contribution in [0.25, 0.3) is 0 Å². The Bertz CT molecular complexity index is 787. The molecule has 3 fully saturated rings. The second kappa shape index (κ2) is 8.21. The molecule has 0 atom stereocenters. The Morgan fingerprint density at radius 1 is 0.900 bits per heavy atom. The summed E-state index contributed by atoms with van der Waals surface area (Å²) in [6, 6.07) is 3.21. The highest BCUT2D eigenvalue weighted by atomic mass is 19.1. The zero-order valence-electron chi connectivity index (χ0n) is 17.4. The van der Waals surface area contributed by atoms with Crippen molar-refractivity contribution >= 4 is 5.97 Å². The van der Waals surface area contributed by atoms with Crippen LogP contribution in [0, 0.1) is 23.6 Å². The number of ether oxygens (including phenoxy) is 3. The third-order valence-electron chi connectivity index (χ3n) is 7.85. The van der Waals surface area contributed by atoms with Crippen molar-refractivity contribution in [2.24, 2.45) is 17.8 Å². The smallest absolute Gasteiger partial charge is 0.311 e. The highest BCUT2D eigenvalue weighted by Gasteiger charge is 2.40. The number of benzene rings is 1. The van der Waals surface area contributed by atoms with Gasteiger partial charge in [-0.05, 0) is 92.9 Å². The molecule has 1 N–H and O–H groups in total. The van der Waals surface area contributed by atoms with Crippen molar-refractivity contribution in [2.75, 3.05) is 13.2 Å². The number of esters is 1. The van der Waals surface area contributed by atoms with Crippen molar-refractivity contribution in [3.63, 3.8) is 0 Å². The molecule has 2 aliphatic carbocycles. The first-order valence-electron chi connectivity index (χ1n) is 11.5. The maximum Gasteiger partial charge on any atom is 0.311 e. The number of halogens is 1. The van der Waals surface area contributed by atoms with Crippen molar-refractivity contribution in [3.8, 4) is 5.75 Å². The number of aryl methyl sites for hydroxylation is 1. The summed E-state index contributed by atoms with van der Waals surface area (Å²) in [6.07, 6.45) is 8.70. The first-order chi connectivity index (χ1) is 14.5. The molecule has 2 heterocycles. The van der Waals surface area contributed by atoms with Gasteiger partial charge < -0.3 is 19.3 Å². The molecule has 6 heteroatoms. The molecular weight excluding hydrogens is 387 g/mol. The lowest BCUT2D eigenvalue weighted by molar-refractivity contribution is -0.135. The minimum Gasteiger partial charge on any atom is -0.423 e. The van der Waals surface area contributed by atoms with E-state index in [9.17, 15) is 14.3 Å². The van der Waals surface area contributed by atoms with Crippen LogP contribution in [0.5, 0.6) is 5.75 Å². The molecular formula is C24H31FO5. The molecule has 5 nitrogen and oxygen atoms in total. The zero-order valence-corrected chi connectivity index (χ0v) is 17.4.